The maximum atomic E-state index is 12.0. The van der Waals surface area contributed by atoms with Gasteiger partial charge in [0.25, 0.3) is 0 Å². The smallest absolute Gasteiger partial charge is 0.244 e. The summed E-state index contributed by atoms with van der Waals surface area (Å²) in [5.74, 6) is 0.685. The molecule has 2 atom stereocenters. The predicted octanol–water partition coefficient (Wildman–Crippen LogP) is 3.55. The van der Waals surface area contributed by atoms with E-state index in [4.69, 9.17) is 0 Å². The van der Waals surface area contributed by atoms with E-state index < -0.39 is 0 Å². The highest BCUT2D eigenvalue weighted by atomic mass is 16.2. The Balaban J connectivity index is 1.66. The number of amides is 1. The molecule has 3 nitrogen and oxygen atoms in total. The van der Waals surface area contributed by atoms with Crippen LogP contribution >= 0.6 is 0 Å². The number of carbonyl (C=O) groups is 1. The molecule has 0 unspecified atom stereocenters. The first kappa shape index (κ1) is 14.3. The Bertz CT molecular complexity index is 576. The first-order valence-corrected chi connectivity index (χ1v) is 7.83. The first-order valence-electron chi connectivity index (χ1n) is 7.83. The zero-order valence-corrected chi connectivity index (χ0v) is 13.1. The maximum Gasteiger partial charge on any atom is 0.244 e. The fourth-order valence-corrected chi connectivity index (χ4v) is 4.05. The predicted molar refractivity (Wildman–Crippen MR) is 85.0 cm³/mol. The largest absolute Gasteiger partial charge is 0.273 e. The number of hydrogen-bond donors (Lipinski definition) is 1. The van der Waals surface area contributed by atoms with Crippen molar-refractivity contribution in [2.75, 3.05) is 0 Å². The molecule has 0 spiro atoms. The van der Waals surface area contributed by atoms with Gasteiger partial charge in [0.1, 0.15) is 0 Å². The molecule has 2 saturated carbocycles. The van der Waals surface area contributed by atoms with Crippen LogP contribution in [0.3, 0.4) is 0 Å². The second-order valence-corrected chi connectivity index (χ2v) is 7.25. The van der Waals surface area contributed by atoms with Crippen molar-refractivity contribution in [3.05, 3.63) is 35.9 Å². The van der Waals surface area contributed by atoms with Crippen LogP contribution < -0.4 is 5.43 Å². The van der Waals surface area contributed by atoms with E-state index in [1.165, 1.54) is 18.6 Å². The Morgan fingerprint density at radius 3 is 2.57 bits per heavy atom. The van der Waals surface area contributed by atoms with Crippen LogP contribution in [0.4, 0.5) is 0 Å². The van der Waals surface area contributed by atoms with Gasteiger partial charge in [-0.25, -0.2) is 5.43 Å². The lowest BCUT2D eigenvalue weighted by Crippen LogP contribution is -2.34. The highest BCUT2D eigenvalue weighted by Crippen LogP contribution is 2.63. The number of rotatable bonds is 3. The summed E-state index contributed by atoms with van der Waals surface area (Å²) >= 11 is 0. The normalized spacial score (nSPS) is 31.6. The van der Waals surface area contributed by atoms with Crippen LogP contribution in [0, 0.1) is 16.7 Å². The van der Waals surface area contributed by atoms with E-state index in [9.17, 15) is 4.79 Å². The average Bonchev–Trinajstić information content (AvgIpc) is 2.79. The summed E-state index contributed by atoms with van der Waals surface area (Å²) in [5.41, 5.74) is 5.43. The van der Waals surface area contributed by atoms with Gasteiger partial charge in [0.2, 0.25) is 5.91 Å². The molecular weight excluding hydrogens is 260 g/mol. The minimum Gasteiger partial charge on any atom is -0.273 e. The van der Waals surface area contributed by atoms with E-state index in [0.717, 1.165) is 12.0 Å². The molecule has 3 heteroatoms. The molecule has 1 aromatic rings. The Hall–Kier alpha value is -1.64. The molecule has 1 N–H and O–H groups in total. The van der Waals surface area contributed by atoms with E-state index in [0.29, 0.717) is 17.8 Å². The molecule has 0 aromatic heterocycles. The van der Waals surface area contributed by atoms with Crippen LogP contribution in [-0.2, 0) is 11.2 Å². The maximum absolute atomic E-state index is 12.0. The van der Waals surface area contributed by atoms with Gasteiger partial charge in [0.05, 0.1) is 6.42 Å². The van der Waals surface area contributed by atoms with Crippen LogP contribution in [0.1, 0.15) is 45.6 Å². The lowest BCUT2D eigenvalue weighted by Gasteiger charge is -2.34. The van der Waals surface area contributed by atoms with Crippen molar-refractivity contribution in [3.8, 4) is 0 Å². The summed E-state index contributed by atoms with van der Waals surface area (Å²) in [5, 5.41) is 4.49. The Labute approximate surface area is 126 Å². The Morgan fingerprint density at radius 2 is 2.00 bits per heavy atom. The zero-order chi connectivity index (χ0) is 15.1. The van der Waals surface area contributed by atoms with Gasteiger partial charge in [0.15, 0.2) is 0 Å². The summed E-state index contributed by atoms with van der Waals surface area (Å²) in [6.07, 6.45) is 3.91. The van der Waals surface area contributed by atoms with Gasteiger partial charge >= 0.3 is 0 Å². The summed E-state index contributed by atoms with van der Waals surface area (Å²) in [7, 11) is 0. The lowest BCUT2D eigenvalue weighted by atomic mass is 9.70. The number of nitrogens with zero attached hydrogens (tertiary/aromatic N) is 1. The quantitative estimate of drug-likeness (QED) is 0.847. The lowest BCUT2D eigenvalue weighted by molar-refractivity contribution is -0.120. The second kappa shape index (κ2) is 4.97. The molecule has 21 heavy (non-hydrogen) atoms. The SMILES string of the molecule is CC1(C)[C@@H]2CC[C@@]1(C)/C(=N\NC(=O)Cc1ccccc1)C2. The standard InChI is InChI=1S/C18H24N2O/c1-17(2)14-9-10-18(17,3)15(12-14)19-20-16(21)11-13-7-5-4-6-8-13/h4-8,14H,9-12H2,1-3H3,(H,20,21)/b19-15-/t14-,18+/m1/s1. The van der Waals surface area contributed by atoms with Gasteiger partial charge < -0.3 is 0 Å². The summed E-state index contributed by atoms with van der Waals surface area (Å²) < 4.78 is 0. The monoisotopic (exact) mass is 284 g/mol. The summed E-state index contributed by atoms with van der Waals surface area (Å²) in [6.45, 7) is 7.00. The Kier molecular flexibility index (Phi) is 3.39. The number of fused-ring (bicyclic) bond motifs is 2. The third-order valence-electron chi connectivity index (χ3n) is 6.04. The fraction of sp³-hybridized carbons (Fsp3) is 0.556. The summed E-state index contributed by atoms with van der Waals surface area (Å²) in [4.78, 5) is 12.0. The molecule has 3 rings (SSSR count). The van der Waals surface area contributed by atoms with Crippen LogP contribution in [0.2, 0.25) is 0 Å². The third kappa shape index (κ3) is 2.29. The van der Waals surface area contributed by atoms with Crippen molar-refractivity contribution in [2.24, 2.45) is 21.8 Å². The van der Waals surface area contributed by atoms with Gasteiger partial charge in [-0.1, -0.05) is 51.1 Å². The second-order valence-electron chi connectivity index (χ2n) is 7.25. The Morgan fingerprint density at radius 1 is 1.29 bits per heavy atom. The van der Waals surface area contributed by atoms with Crippen molar-refractivity contribution in [1.82, 2.24) is 5.43 Å². The molecular formula is C18H24N2O. The van der Waals surface area contributed by atoms with Crippen molar-refractivity contribution in [3.63, 3.8) is 0 Å². The van der Waals surface area contributed by atoms with Crippen molar-refractivity contribution < 1.29 is 4.79 Å². The fourth-order valence-electron chi connectivity index (χ4n) is 4.05. The average molecular weight is 284 g/mol. The van der Waals surface area contributed by atoms with Crippen LogP contribution in [0.15, 0.2) is 35.4 Å². The first-order chi connectivity index (χ1) is 9.93. The van der Waals surface area contributed by atoms with Crippen molar-refractivity contribution >= 4 is 11.6 Å². The topological polar surface area (TPSA) is 41.5 Å². The number of hydrazone groups is 1. The molecule has 2 bridgehead atoms. The minimum absolute atomic E-state index is 0.0297. The van der Waals surface area contributed by atoms with Crippen LogP contribution in [0.5, 0.6) is 0 Å². The molecule has 0 aliphatic heterocycles. The van der Waals surface area contributed by atoms with Gasteiger partial charge in [-0.3, -0.25) is 4.79 Å². The molecule has 2 aliphatic rings. The number of benzene rings is 1. The van der Waals surface area contributed by atoms with Crippen molar-refractivity contribution in [2.45, 2.75) is 46.5 Å². The van der Waals surface area contributed by atoms with E-state index in [-0.39, 0.29) is 11.3 Å². The minimum atomic E-state index is -0.0297. The highest BCUT2D eigenvalue weighted by Gasteiger charge is 2.59. The van der Waals surface area contributed by atoms with E-state index >= 15 is 0 Å². The molecule has 2 fully saturated rings. The highest BCUT2D eigenvalue weighted by molar-refractivity contribution is 5.95. The van der Waals surface area contributed by atoms with Crippen LogP contribution in [-0.4, -0.2) is 11.6 Å². The molecule has 0 radical (unpaired) electrons. The van der Waals surface area contributed by atoms with Crippen LogP contribution in [0.25, 0.3) is 0 Å². The number of nitrogens with one attached hydrogen (secondary N) is 1. The van der Waals surface area contributed by atoms with E-state index in [2.05, 4.69) is 31.3 Å². The van der Waals surface area contributed by atoms with E-state index in [1.807, 2.05) is 30.3 Å². The number of hydrogen-bond acceptors (Lipinski definition) is 2. The van der Waals surface area contributed by atoms with Gasteiger partial charge in [-0.2, -0.15) is 5.10 Å². The van der Waals surface area contributed by atoms with Gasteiger partial charge in [0, 0.05) is 11.1 Å². The summed E-state index contributed by atoms with van der Waals surface area (Å²) in [6, 6.07) is 9.80. The zero-order valence-electron chi connectivity index (χ0n) is 13.1. The van der Waals surface area contributed by atoms with Gasteiger partial charge in [-0.05, 0) is 36.2 Å². The van der Waals surface area contributed by atoms with Crippen molar-refractivity contribution in [1.29, 1.82) is 0 Å². The van der Waals surface area contributed by atoms with Gasteiger partial charge in [-0.15, -0.1) is 0 Å². The molecule has 112 valence electrons. The number of carbonyl (C=O) groups excluding carboxylic acids is 1. The third-order valence-corrected chi connectivity index (χ3v) is 6.04. The molecule has 1 amide bonds. The molecule has 0 saturated heterocycles. The molecule has 1 aromatic carbocycles. The molecule has 0 heterocycles. The molecule has 2 aliphatic carbocycles. The van der Waals surface area contributed by atoms with E-state index in [1.54, 1.807) is 0 Å².